The lowest BCUT2D eigenvalue weighted by Gasteiger charge is -2.41. The molecular formula is C13H15F5N2S2. The summed E-state index contributed by atoms with van der Waals surface area (Å²) >= 11 is 1.44. The number of fused-ring (bicyclic) bond motifs is 1. The molecule has 2 nitrogen and oxygen atoms in total. The molecule has 0 saturated carbocycles. The first-order chi connectivity index (χ1) is 10.0. The van der Waals surface area contributed by atoms with Crippen LogP contribution in [0.1, 0.15) is 24.3 Å². The standard InChI is InChI=1S/C13H15F5N2S2/c14-22(15,16,17,18)11-5-3-10(4-6-11)12-2-1-7-20-8-9-21-19-13(12)20/h3-6,12H,1-2,7-9H2. The van der Waals surface area contributed by atoms with Gasteiger partial charge in [0.05, 0.1) is 0 Å². The largest absolute Gasteiger partial charge is 0.358 e. The first kappa shape index (κ1) is 15.9. The van der Waals surface area contributed by atoms with E-state index in [-0.39, 0.29) is 5.92 Å². The summed E-state index contributed by atoms with van der Waals surface area (Å²) in [4.78, 5) is 0.291. The Morgan fingerprint density at radius 1 is 1.05 bits per heavy atom. The van der Waals surface area contributed by atoms with Crippen molar-refractivity contribution >= 4 is 28.0 Å². The van der Waals surface area contributed by atoms with Crippen molar-refractivity contribution in [1.82, 2.24) is 4.90 Å². The van der Waals surface area contributed by atoms with E-state index in [9.17, 15) is 19.4 Å². The van der Waals surface area contributed by atoms with E-state index in [1.807, 2.05) is 0 Å². The molecule has 0 N–H and O–H groups in total. The summed E-state index contributed by atoms with van der Waals surface area (Å²) in [5.41, 5.74) is 0.608. The van der Waals surface area contributed by atoms with E-state index >= 15 is 0 Å². The van der Waals surface area contributed by atoms with Crippen molar-refractivity contribution in [2.24, 2.45) is 4.40 Å². The fourth-order valence-corrected chi connectivity index (χ4v) is 4.25. The maximum atomic E-state index is 12.8. The Morgan fingerprint density at radius 3 is 2.36 bits per heavy atom. The fourth-order valence-electron chi connectivity index (χ4n) is 2.83. The highest BCUT2D eigenvalue weighted by Crippen LogP contribution is 3.02. The average Bonchev–Trinajstić information content (AvgIpc) is 2.44. The molecule has 2 heterocycles. The zero-order valence-corrected chi connectivity index (χ0v) is 13.2. The molecule has 0 bridgehead atoms. The van der Waals surface area contributed by atoms with Gasteiger partial charge in [-0.05, 0) is 42.5 Å². The van der Waals surface area contributed by atoms with Crippen molar-refractivity contribution in [2.75, 3.05) is 18.8 Å². The minimum atomic E-state index is -9.59. The molecule has 124 valence electrons. The Labute approximate surface area is 129 Å². The number of hydrogen-bond acceptors (Lipinski definition) is 3. The van der Waals surface area contributed by atoms with E-state index in [0.29, 0.717) is 17.7 Å². The molecule has 2 aliphatic rings. The zero-order valence-electron chi connectivity index (χ0n) is 11.5. The molecule has 22 heavy (non-hydrogen) atoms. The molecule has 1 aromatic rings. The van der Waals surface area contributed by atoms with E-state index in [0.717, 1.165) is 49.7 Å². The van der Waals surface area contributed by atoms with Crippen molar-refractivity contribution in [3.05, 3.63) is 29.8 Å². The van der Waals surface area contributed by atoms with Crippen LogP contribution in [0, 0.1) is 0 Å². The second-order valence-corrected chi connectivity index (χ2v) is 8.76. The summed E-state index contributed by atoms with van der Waals surface area (Å²) in [6, 6.07) is 3.30. The van der Waals surface area contributed by atoms with Gasteiger partial charge in [0.25, 0.3) is 0 Å². The van der Waals surface area contributed by atoms with Gasteiger partial charge >= 0.3 is 10.2 Å². The zero-order chi connectivity index (χ0) is 16.1. The Balaban J connectivity index is 1.92. The molecule has 0 spiro atoms. The number of piperidine rings is 1. The van der Waals surface area contributed by atoms with Gasteiger partial charge in [0.1, 0.15) is 10.7 Å². The van der Waals surface area contributed by atoms with Crippen LogP contribution in [0.2, 0.25) is 0 Å². The fraction of sp³-hybridized carbons (Fsp3) is 0.462. The lowest BCUT2D eigenvalue weighted by atomic mass is 9.89. The topological polar surface area (TPSA) is 15.6 Å². The van der Waals surface area contributed by atoms with Crippen LogP contribution in [0.15, 0.2) is 33.6 Å². The van der Waals surface area contributed by atoms with Crippen LogP contribution >= 0.6 is 22.2 Å². The van der Waals surface area contributed by atoms with Crippen molar-refractivity contribution in [2.45, 2.75) is 23.7 Å². The van der Waals surface area contributed by atoms with Gasteiger partial charge in [-0.3, -0.25) is 0 Å². The van der Waals surface area contributed by atoms with Crippen molar-refractivity contribution in [3.63, 3.8) is 0 Å². The van der Waals surface area contributed by atoms with Gasteiger partial charge in [0.2, 0.25) is 0 Å². The van der Waals surface area contributed by atoms with Crippen molar-refractivity contribution < 1.29 is 19.4 Å². The molecule has 0 radical (unpaired) electrons. The summed E-state index contributed by atoms with van der Waals surface area (Å²) in [7, 11) is -9.59. The van der Waals surface area contributed by atoms with Crippen LogP contribution < -0.4 is 0 Å². The minimum Gasteiger partial charge on any atom is -0.358 e. The summed E-state index contributed by atoms with van der Waals surface area (Å²) < 4.78 is 68.2. The molecule has 2 aliphatic heterocycles. The molecule has 1 aromatic carbocycles. The molecule has 1 saturated heterocycles. The number of hydrogen-bond donors (Lipinski definition) is 0. The van der Waals surface area contributed by atoms with Crippen LogP contribution in [0.4, 0.5) is 19.4 Å². The summed E-state index contributed by atoms with van der Waals surface area (Å²) in [6.45, 7) is 1.75. The second-order valence-electron chi connectivity index (χ2n) is 5.50. The van der Waals surface area contributed by atoms with Crippen LogP contribution in [0.25, 0.3) is 0 Å². The normalized spacial score (nSPS) is 25.8. The third-order valence-electron chi connectivity index (χ3n) is 3.89. The van der Waals surface area contributed by atoms with Gasteiger partial charge < -0.3 is 4.90 Å². The molecule has 0 aromatic heterocycles. The summed E-state index contributed by atoms with van der Waals surface area (Å²) in [5, 5.41) is 0. The SMILES string of the molecule is FS(F)(F)(F)(F)c1ccc(C2CCCN3CCSN=C23)cc1. The first-order valence-electron chi connectivity index (χ1n) is 6.83. The van der Waals surface area contributed by atoms with Crippen LogP contribution in [0.5, 0.6) is 0 Å². The average molecular weight is 358 g/mol. The third-order valence-corrected chi connectivity index (χ3v) is 5.74. The number of nitrogens with zero attached hydrogens (tertiary/aromatic N) is 2. The second kappa shape index (κ2) is 4.53. The molecule has 1 fully saturated rings. The highest BCUT2D eigenvalue weighted by atomic mass is 32.5. The van der Waals surface area contributed by atoms with E-state index in [1.54, 1.807) is 0 Å². The van der Waals surface area contributed by atoms with Crippen molar-refractivity contribution in [3.8, 4) is 0 Å². The molecule has 1 atom stereocenters. The quantitative estimate of drug-likeness (QED) is 0.506. The van der Waals surface area contributed by atoms with Gasteiger partial charge in [-0.25, -0.2) is 4.40 Å². The highest BCUT2D eigenvalue weighted by molar-refractivity contribution is 8.45. The smallest absolute Gasteiger partial charge is 0.310 e. The first-order valence-corrected chi connectivity index (χ1v) is 9.73. The Morgan fingerprint density at radius 2 is 1.73 bits per heavy atom. The van der Waals surface area contributed by atoms with Gasteiger partial charge in [0, 0.05) is 24.8 Å². The van der Waals surface area contributed by atoms with E-state index < -0.39 is 15.1 Å². The molecular weight excluding hydrogens is 343 g/mol. The van der Waals surface area contributed by atoms with Gasteiger partial charge in [-0.2, -0.15) is 0 Å². The predicted octanol–water partition coefficient (Wildman–Crippen LogP) is 5.58. The third kappa shape index (κ3) is 3.19. The lowest BCUT2D eigenvalue weighted by Crippen LogP contribution is -2.42. The number of benzene rings is 1. The van der Waals surface area contributed by atoms with Crippen LogP contribution in [-0.2, 0) is 0 Å². The van der Waals surface area contributed by atoms with Gasteiger partial charge in [-0.1, -0.05) is 31.6 Å². The summed E-state index contributed by atoms with van der Waals surface area (Å²) in [6.07, 6.45) is 1.68. The van der Waals surface area contributed by atoms with E-state index in [4.69, 9.17) is 0 Å². The lowest BCUT2D eigenvalue weighted by molar-refractivity contribution is 0.363. The molecule has 1 unspecified atom stereocenters. The Kier molecular flexibility index (Phi) is 3.28. The number of halogens is 5. The summed E-state index contributed by atoms with van der Waals surface area (Å²) in [5.74, 6) is 1.62. The number of rotatable bonds is 2. The predicted molar refractivity (Wildman–Crippen MR) is 81.3 cm³/mol. The minimum absolute atomic E-state index is 0.117. The Bertz CT molecular complexity index is 612. The monoisotopic (exact) mass is 358 g/mol. The number of amidine groups is 1. The van der Waals surface area contributed by atoms with Crippen LogP contribution in [0.3, 0.4) is 0 Å². The maximum Gasteiger partial charge on any atom is 0.310 e. The van der Waals surface area contributed by atoms with E-state index in [2.05, 4.69) is 9.30 Å². The van der Waals surface area contributed by atoms with E-state index in [1.165, 1.54) is 11.9 Å². The molecule has 9 heteroatoms. The highest BCUT2D eigenvalue weighted by Gasteiger charge is 2.65. The molecule has 0 amide bonds. The molecule has 0 aliphatic carbocycles. The Hall–Kier alpha value is -0.960. The van der Waals surface area contributed by atoms with Gasteiger partial charge in [0.15, 0.2) is 0 Å². The maximum absolute atomic E-state index is 12.8. The van der Waals surface area contributed by atoms with Gasteiger partial charge in [-0.15, -0.1) is 0 Å². The van der Waals surface area contributed by atoms with Crippen LogP contribution in [-0.4, -0.2) is 29.6 Å². The van der Waals surface area contributed by atoms with Crippen molar-refractivity contribution in [1.29, 1.82) is 0 Å². The molecule has 3 rings (SSSR count).